The van der Waals surface area contributed by atoms with Crippen molar-refractivity contribution in [2.45, 2.75) is 56.6 Å². The number of imidazole rings is 1. The minimum atomic E-state index is -0.0890. The van der Waals surface area contributed by atoms with E-state index in [-0.39, 0.29) is 17.6 Å². The van der Waals surface area contributed by atoms with Gasteiger partial charge < -0.3 is 14.6 Å². The van der Waals surface area contributed by atoms with Gasteiger partial charge in [0.25, 0.3) is 0 Å². The van der Waals surface area contributed by atoms with Crippen molar-refractivity contribution in [1.82, 2.24) is 14.9 Å². The van der Waals surface area contributed by atoms with Crippen LogP contribution in [0.3, 0.4) is 0 Å². The van der Waals surface area contributed by atoms with Crippen molar-refractivity contribution in [3.05, 3.63) is 48.0 Å². The first kappa shape index (κ1) is 16.2. The van der Waals surface area contributed by atoms with E-state index in [1.54, 1.807) is 6.33 Å². The predicted octanol–water partition coefficient (Wildman–Crippen LogP) is 3.31. The highest BCUT2D eigenvalue weighted by molar-refractivity contribution is 5.77. The third kappa shape index (κ3) is 3.28. The van der Waals surface area contributed by atoms with E-state index in [1.807, 2.05) is 36.0 Å². The number of hydrogen-bond donors (Lipinski definition) is 1. The van der Waals surface area contributed by atoms with Gasteiger partial charge in [0.2, 0.25) is 5.91 Å². The Labute approximate surface area is 148 Å². The van der Waals surface area contributed by atoms with Crippen LogP contribution in [0.1, 0.15) is 55.8 Å². The molecule has 1 amide bonds. The summed E-state index contributed by atoms with van der Waals surface area (Å²) in [7, 11) is 1.96. The first-order valence-electron chi connectivity index (χ1n) is 9.18. The lowest BCUT2D eigenvalue weighted by molar-refractivity contribution is -0.122. The number of carbonyl (C=O) groups is 1. The fourth-order valence-corrected chi connectivity index (χ4v) is 4.21. The average Bonchev–Trinajstić information content (AvgIpc) is 3.22. The molecule has 1 saturated carbocycles. The fraction of sp³-hybridized carbons (Fsp3) is 0.500. The van der Waals surface area contributed by atoms with Crippen LogP contribution in [0.15, 0.2) is 36.8 Å². The molecule has 5 heteroatoms. The quantitative estimate of drug-likeness (QED) is 0.930. The predicted molar refractivity (Wildman–Crippen MR) is 95.3 cm³/mol. The number of aromatic nitrogens is 2. The molecule has 1 aliphatic carbocycles. The molecule has 1 N–H and O–H groups in total. The van der Waals surface area contributed by atoms with Gasteiger partial charge >= 0.3 is 0 Å². The lowest BCUT2D eigenvalue weighted by atomic mass is 9.86. The molecule has 2 heterocycles. The van der Waals surface area contributed by atoms with Gasteiger partial charge in [0.15, 0.2) is 0 Å². The average molecular weight is 339 g/mol. The summed E-state index contributed by atoms with van der Waals surface area (Å²) < 4.78 is 8.33. The first-order chi connectivity index (χ1) is 12.2. The van der Waals surface area contributed by atoms with Crippen LogP contribution in [-0.2, 0) is 18.3 Å². The molecular formula is C20H25N3O2. The second-order valence-corrected chi connectivity index (χ2v) is 7.35. The first-order valence-corrected chi connectivity index (χ1v) is 9.18. The van der Waals surface area contributed by atoms with E-state index in [2.05, 4.69) is 16.4 Å². The molecule has 1 spiro atoms. The van der Waals surface area contributed by atoms with E-state index in [0.717, 1.165) is 36.3 Å². The largest absolute Gasteiger partial charge is 0.487 e. The molecule has 0 saturated heterocycles. The second-order valence-electron chi connectivity index (χ2n) is 7.35. The number of ether oxygens (including phenoxy) is 1. The SMILES string of the molecule is Cn1cncc1CCC(=O)NC1CC2(CCCC2)Oc2ccccc21. The Morgan fingerprint density at radius 3 is 2.92 bits per heavy atom. The van der Waals surface area contributed by atoms with Gasteiger partial charge in [-0.3, -0.25) is 4.79 Å². The number of benzene rings is 1. The standard InChI is InChI=1S/C20H25N3O2/c1-23-14-21-13-15(23)8-9-19(24)22-17-12-20(10-4-5-11-20)25-18-7-3-2-6-16(17)18/h2-3,6-7,13-14,17H,4-5,8-12H2,1H3,(H,22,24). The third-order valence-corrected chi connectivity index (χ3v) is 5.57. The monoisotopic (exact) mass is 339 g/mol. The van der Waals surface area contributed by atoms with E-state index in [9.17, 15) is 4.79 Å². The van der Waals surface area contributed by atoms with Crippen molar-refractivity contribution in [3.63, 3.8) is 0 Å². The van der Waals surface area contributed by atoms with E-state index >= 15 is 0 Å². The summed E-state index contributed by atoms with van der Waals surface area (Å²) in [5, 5.41) is 3.26. The zero-order chi connectivity index (χ0) is 17.3. The van der Waals surface area contributed by atoms with Gasteiger partial charge in [-0.1, -0.05) is 18.2 Å². The summed E-state index contributed by atoms with van der Waals surface area (Å²) in [5.74, 6) is 1.03. The molecule has 1 aromatic carbocycles. The van der Waals surface area contributed by atoms with Crippen LogP contribution in [0.4, 0.5) is 0 Å². The summed E-state index contributed by atoms with van der Waals surface area (Å²) in [4.78, 5) is 16.7. The second kappa shape index (κ2) is 6.54. The molecule has 0 radical (unpaired) electrons. The number of nitrogens with zero attached hydrogens (tertiary/aromatic N) is 2. The van der Waals surface area contributed by atoms with Gasteiger partial charge in [0.05, 0.1) is 12.4 Å². The highest BCUT2D eigenvalue weighted by Crippen LogP contribution is 2.46. The highest BCUT2D eigenvalue weighted by atomic mass is 16.5. The van der Waals surface area contributed by atoms with Crippen LogP contribution < -0.4 is 10.1 Å². The van der Waals surface area contributed by atoms with Crippen LogP contribution in [-0.4, -0.2) is 21.1 Å². The molecule has 1 aromatic heterocycles. The summed E-state index contributed by atoms with van der Waals surface area (Å²) in [5.41, 5.74) is 2.10. The Morgan fingerprint density at radius 2 is 2.16 bits per heavy atom. The van der Waals surface area contributed by atoms with E-state index in [4.69, 9.17) is 4.74 Å². The Kier molecular flexibility index (Phi) is 4.24. The number of para-hydroxylation sites is 1. The van der Waals surface area contributed by atoms with Crippen LogP contribution >= 0.6 is 0 Å². The molecular weight excluding hydrogens is 314 g/mol. The summed E-state index contributed by atoms with van der Waals surface area (Å²) in [6.45, 7) is 0. The number of amides is 1. The van der Waals surface area contributed by atoms with Crippen molar-refractivity contribution in [3.8, 4) is 5.75 Å². The molecule has 1 atom stereocenters. The van der Waals surface area contributed by atoms with E-state index in [1.165, 1.54) is 12.8 Å². The van der Waals surface area contributed by atoms with Crippen molar-refractivity contribution in [2.75, 3.05) is 0 Å². The Hall–Kier alpha value is -2.30. The lowest BCUT2D eigenvalue weighted by Gasteiger charge is -2.40. The van der Waals surface area contributed by atoms with Crippen LogP contribution in [0.5, 0.6) is 5.75 Å². The number of aryl methyl sites for hydroxylation is 2. The van der Waals surface area contributed by atoms with Gasteiger partial charge in [-0.15, -0.1) is 0 Å². The zero-order valence-corrected chi connectivity index (χ0v) is 14.7. The molecule has 1 unspecified atom stereocenters. The molecule has 1 aliphatic heterocycles. The smallest absolute Gasteiger partial charge is 0.220 e. The number of carbonyl (C=O) groups excluding carboxylic acids is 1. The number of fused-ring (bicyclic) bond motifs is 1. The maximum absolute atomic E-state index is 12.5. The van der Waals surface area contributed by atoms with Gasteiger partial charge in [-0.2, -0.15) is 0 Å². The van der Waals surface area contributed by atoms with Gasteiger partial charge in [-0.05, 0) is 38.2 Å². The molecule has 1 fully saturated rings. The third-order valence-electron chi connectivity index (χ3n) is 5.57. The number of nitrogens with one attached hydrogen (secondary N) is 1. The molecule has 2 aromatic rings. The lowest BCUT2D eigenvalue weighted by Crippen LogP contribution is -2.43. The summed E-state index contributed by atoms with van der Waals surface area (Å²) >= 11 is 0. The van der Waals surface area contributed by atoms with Crippen LogP contribution in [0.25, 0.3) is 0 Å². The number of hydrogen-bond acceptors (Lipinski definition) is 3. The van der Waals surface area contributed by atoms with Crippen molar-refractivity contribution < 1.29 is 9.53 Å². The Bertz CT molecular complexity index is 762. The van der Waals surface area contributed by atoms with Crippen molar-refractivity contribution >= 4 is 5.91 Å². The zero-order valence-electron chi connectivity index (χ0n) is 14.7. The Balaban J connectivity index is 1.46. The fourth-order valence-electron chi connectivity index (χ4n) is 4.21. The maximum atomic E-state index is 12.5. The molecule has 25 heavy (non-hydrogen) atoms. The minimum absolute atomic E-state index is 0.0436. The number of rotatable bonds is 4. The van der Waals surface area contributed by atoms with Crippen LogP contribution in [0, 0.1) is 0 Å². The van der Waals surface area contributed by atoms with Gasteiger partial charge in [0.1, 0.15) is 11.4 Å². The Morgan fingerprint density at radius 1 is 1.36 bits per heavy atom. The van der Waals surface area contributed by atoms with Crippen molar-refractivity contribution in [2.24, 2.45) is 7.05 Å². The summed E-state index contributed by atoms with van der Waals surface area (Å²) in [6, 6.07) is 8.17. The normalized spacial score (nSPS) is 20.9. The molecule has 5 nitrogen and oxygen atoms in total. The van der Waals surface area contributed by atoms with E-state index < -0.39 is 0 Å². The van der Waals surface area contributed by atoms with Crippen LogP contribution in [0.2, 0.25) is 0 Å². The molecule has 2 aliphatic rings. The van der Waals surface area contributed by atoms with Gasteiger partial charge in [-0.25, -0.2) is 4.98 Å². The van der Waals surface area contributed by atoms with Crippen molar-refractivity contribution in [1.29, 1.82) is 0 Å². The van der Waals surface area contributed by atoms with E-state index in [0.29, 0.717) is 12.8 Å². The molecule has 0 bridgehead atoms. The highest BCUT2D eigenvalue weighted by Gasteiger charge is 2.43. The topological polar surface area (TPSA) is 56.2 Å². The summed E-state index contributed by atoms with van der Waals surface area (Å²) in [6.07, 6.45) is 10.3. The molecule has 132 valence electrons. The minimum Gasteiger partial charge on any atom is -0.487 e. The molecule has 4 rings (SSSR count). The maximum Gasteiger partial charge on any atom is 0.220 e. The van der Waals surface area contributed by atoms with Gasteiger partial charge in [0, 0.05) is 37.3 Å².